The molecule has 1 saturated heterocycles. The number of H-pyrrole nitrogens is 1. The molecule has 1 aliphatic rings. The molecule has 7 heteroatoms. The Kier molecular flexibility index (Phi) is 4.08. The first-order chi connectivity index (χ1) is 14.1. The molecule has 2 aromatic heterocycles. The lowest BCUT2D eigenvalue weighted by molar-refractivity contribution is -0.136. The van der Waals surface area contributed by atoms with E-state index in [-0.39, 0.29) is 30.5 Å². The summed E-state index contributed by atoms with van der Waals surface area (Å²) in [4.78, 5) is 28.2. The molecule has 3 heterocycles. The average molecular weight is 391 g/mol. The number of benzene rings is 2. The van der Waals surface area contributed by atoms with Crippen LogP contribution in [0.2, 0.25) is 0 Å². The molecule has 146 valence electrons. The minimum Gasteiger partial charge on any atom is -0.461 e. The molecular weight excluding hydrogens is 373 g/mol. The maximum absolute atomic E-state index is 14.2. The summed E-state index contributed by atoms with van der Waals surface area (Å²) in [6.07, 6.45) is 2.14. The van der Waals surface area contributed by atoms with Crippen molar-refractivity contribution >= 4 is 33.7 Å². The van der Waals surface area contributed by atoms with E-state index in [0.717, 1.165) is 11.0 Å². The zero-order chi connectivity index (χ0) is 20.0. The molecule has 0 aliphatic carbocycles. The Morgan fingerprint density at radius 3 is 2.48 bits per heavy atom. The quantitative estimate of drug-likeness (QED) is 0.500. The number of rotatable bonds is 4. The van der Waals surface area contributed by atoms with Crippen LogP contribution in [-0.2, 0) is 22.4 Å². The zero-order valence-corrected chi connectivity index (χ0v) is 15.4. The Morgan fingerprint density at radius 2 is 1.69 bits per heavy atom. The SMILES string of the molecule is O=C1NC(Cc2c[nH]c3cccc(F)c23)C(=O)NC1Cc1cc2ccccc2o1. The van der Waals surface area contributed by atoms with Gasteiger partial charge in [0.1, 0.15) is 29.2 Å². The fraction of sp³-hybridized carbons (Fsp3) is 0.182. The van der Waals surface area contributed by atoms with Gasteiger partial charge in [0.05, 0.1) is 0 Å². The molecule has 0 saturated carbocycles. The van der Waals surface area contributed by atoms with Gasteiger partial charge in [-0.2, -0.15) is 0 Å². The van der Waals surface area contributed by atoms with Gasteiger partial charge in [-0.05, 0) is 29.8 Å². The number of amides is 2. The summed E-state index contributed by atoms with van der Waals surface area (Å²) < 4.78 is 19.9. The van der Waals surface area contributed by atoms with Gasteiger partial charge in [0.2, 0.25) is 11.8 Å². The van der Waals surface area contributed by atoms with E-state index in [9.17, 15) is 14.0 Å². The van der Waals surface area contributed by atoms with Crippen LogP contribution in [0.25, 0.3) is 21.9 Å². The fourth-order valence-electron chi connectivity index (χ4n) is 3.89. The zero-order valence-electron chi connectivity index (χ0n) is 15.4. The first-order valence-corrected chi connectivity index (χ1v) is 9.41. The molecule has 2 unspecified atom stereocenters. The molecule has 1 fully saturated rings. The second-order valence-corrected chi connectivity index (χ2v) is 7.26. The second kappa shape index (κ2) is 6.77. The van der Waals surface area contributed by atoms with E-state index < -0.39 is 12.1 Å². The Labute approximate surface area is 165 Å². The molecule has 2 atom stereocenters. The first kappa shape index (κ1) is 17.5. The van der Waals surface area contributed by atoms with Crippen molar-refractivity contribution < 1.29 is 18.4 Å². The Morgan fingerprint density at radius 1 is 0.931 bits per heavy atom. The van der Waals surface area contributed by atoms with E-state index in [1.165, 1.54) is 6.07 Å². The Hall–Kier alpha value is -3.61. The van der Waals surface area contributed by atoms with Crippen LogP contribution in [0.5, 0.6) is 0 Å². The van der Waals surface area contributed by atoms with Gasteiger partial charge in [-0.1, -0.05) is 24.3 Å². The van der Waals surface area contributed by atoms with Gasteiger partial charge in [-0.15, -0.1) is 0 Å². The lowest BCUT2D eigenvalue weighted by Gasteiger charge is -2.29. The lowest BCUT2D eigenvalue weighted by Crippen LogP contribution is -2.62. The summed E-state index contributed by atoms with van der Waals surface area (Å²) in [5.41, 5.74) is 2.05. The summed E-state index contributed by atoms with van der Waals surface area (Å²) in [5.74, 6) is -0.306. The summed E-state index contributed by atoms with van der Waals surface area (Å²) in [6.45, 7) is 0. The third-order valence-electron chi connectivity index (χ3n) is 5.31. The molecule has 29 heavy (non-hydrogen) atoms. The van der Waals surface area contributed by atoms with E-state index in [1.54, 1.807) is 18.3 Å². The molecule has 5 rings (SSSR count). The molecule has 1 aliphatic heterocycles. The van der Waals surface area contributed by atoms with Crippen molar-refractivity contribution in [2.45, 2.75) is 24.9 Å². The number of hydrogen-bond acceptors (Lipinski definition) is 3. The van der Waals surface area contributed by atoms with Crippen molar-refractivity contribution in [1.82, 2.24) is 15.6 Å². The summed E-state index contributed by atoms with van der Waals surface area (Å²) in [7, 11) is 0. The molecule has 4 aromatic rings. The van der Waals surface area contributed by atoms with Crippen LogP contribution in [0, 0.1) is 5.82 Å². The third kappa shape index (κ3) is 3.14. The first-order valence-electron chi connectivity index (χ1n) is 9.41. The van der Waals surface area contributed by atoms with Gasteiger partial charge in [0.25, 0.3) is 0 Å². The van der Waals surface area contributed by atoms with E-state index in [4.69, 9.17) is 4.42 Å². The van der Waals surface area contributed by atoms with Gasteiger partial charge in [-0.25, -0.2) is 4.39 Å². The molecule has 2 amide bonds. The van der Waals surface area contributed by atoms with Gasteiger partial charge in [-0.3, -0.25) is 9.59 Å². The van der Waals surface area contributed by atoms with Crippen LogP contribution >= 0.6 is 0 Å². The highest BCUT2D eigenvalue weighted by Crippen LogP contribution is 2.24. The number of furan rings is 1. The molecule has 0 spiro atoms. The van der Waals surface area contributed by atoms with Crippen molar-refractivity contribution in [3.63, 3.8) is 0 Å². The smallest absolute Gasteiger partial charge is 0.243 e. The molecule has 2 aromatic carbocycles. The van der Waals surface area contributed by atoms with Crippen molar-refractivity contribution in [1.29, 1.82) is 0 Å². The standard InChI is InChI=1S/C22H18FN3O3/c23-15-5-3-6-16-20(15)13(11-24-16)9-17-21(27)26-18(22(28)25-17)10-14-8-12-4-1-2-7-19(12)29-14/h1-8,11,17-18,24H,9-10H2,(H,25,28)(H,26,27). The summed E-state index contributed by atoms with van der Waals surface area (Å²) in [5, 5.41) is 6.92. The monoisotopic (exact) mass is 391 g/mol. The van der Waals surface area contributed by atoms with Crippen molar-refractivity contribution in [2.24, 2.45) is 0 Å². The number of fused-ring (bicyclic) bond motifs is 2. The molecule has 0 radical (unpaired) electrons. The number of carbonyl (C=O) groups excluding carboxylic acids is 2. The summed E-state index contributed by atoms with van der Waals surface area (Å²) >= 11 is 0. The minimum absolute atomic E-state index is 0.204. The fourth-order valence-corrected chi connectivity index (χ4v) is 3.89. The van der Waals surface area contributed by atoms with E-state index >= 15 is 0 Å². The number of hydrogen-bond donors (Lipinski definition) is 3. The van der Waals surface area contributed by atoms with Crippen molar-refractivity contribution in [3.8, 4) is 0 Å². The molecule has 6 nitrogen and oxygen atoms in total. The predicted octanol–water partition coefficient (Wildman–Crippen LogP) is 2.82. The highest BCUT2D eigenvalue weighted by Gasteiger charge is 2.34. The number of para-hydroxylation sites is 1. The number of halogens is 1. The predicted molar refractivity (Wildman–Crippen MR) is 106 cm³/mol. The molecular formula is C22H18FN3O3. The lowest BCUT2D eigenvalue weighted by atomic mass is 10.00. The topological polar surface area (TPSA) is 87.1 Å². The maximum atomic E-state index is 14.2. The highest BCUT2D eigenvalue weighted by atomic mass is 19.1. The number of aromatic amines is 1. The van der Waals surface area contributed by atoms with Crippen LogP contribution in [0.15, 0.2) is 59.1 Å². The van der Waals surface area contributed by atoms with Crippen LogP contribution in [0.3, 0.4) is 0 Å². The van der Waals surface area contributed by atoms with Gasteiger partial charge >= 0.3 is 0 Å². The highest BCUT2D eigenvalue weighted by molar-refractivity contribution is 5.97. The normalized spacial score (nSPS) is 19.5. The van der Waals surface area contributed by atoms with E-state index in [0.29, 0.717) is 22.2 Å². The van der Waals surface area contributed by atoms with Crippen molar-refractivity contribution in [2.75, 3.05) is 0 Å². The van der Waals surface area contributed by atoms with Gasteiger partial charge in [0, 0.05) is 35.3 Å². The molecule has 3 N–H and O–H groups in total. The number of carbonyl (C=O) groups is 2. The van der Waals surface area contributed by atoms with Crippen LogP contribution < -0.4 is 10.6 Å². The number of aromatic nitrogens is 1. The largest absolute Gasteiger partial charge is 0.461 e. The maximum Gasteiger partial charge on any atom is 0.243 e. The van der Waals surface area contributed by atoms with Crippen LogP contribution in [-0.4, -0.2) is 28.9 Å². The van der Waals surface area contributed by atoms with Crippen LogP contribution in [0.4, 0.5) is 4.39 Å². The number of piperazine rings is 1. The van der Waals surface area contributed by atoms with Crippen LogP contribution in [0.1, 0.15) is 11.3 Å². The summed E-state index contributed by atoms with van der Waals surface area (Å²) in [6, 6.07) is 12.7. The van der Waals surface area contributed by atoms with E-state index in [2.05, 4.69) is 15.6 Å². The van der Waals surface area contributed by atoms with Gasteiger partial charge < -0.3 is 20.0 Å². The minimum atomic E-state index is -0.756. The van der Waals surface area contributed by atoms with E-state index in [1.807, 2.05) is 30.3 Å². The average Bonchev–Trinajstić information content (AvgIpc) is 3.30. The molecule has 0 bridgehead atoms. The third-order valence-corrected chi connectivity index (χ3v) is 5.31. The second-order valence-electron chi connectivity index (χ2n) is 7.26. The van der Waals surface area contributed by atoms with Gasteiger partial charge in [0.15, 0.2) is 0 Å². The van der Waals surface area contributed by atoms with Crippen molar-refractivity contribution in [3.05, 3.63) is 71.9 Å². The Bertz CT molecular complexity index is 1210. The number of nitrogens with one attached hydrogen (secondary N) is 3. The Balaban J connectivity index is 1.32.